The van der Waals surface area contributed by atoms with Crippen molar-refractivity contribution in [1.82, 2.24) is 0 Å². The lowest BCUT2D eigenvalue weighted by atomic mass is 9.78. The maximum Gasteiger partial charge on any atom is 0.193 e. The SMILES string of the molecule is COc1cccc2c1C[C@H]1CC(=O)C(CCC(CO[Si](C)(C)C(C)(C)C)O[Si](C)(C)C(C)(C)C)=C1[C@@H]2O[Si](C)(C)C(C)(C)C. The first-order valence-electron chi connectivity index (χ1n) is 16.7. The van der Waals surface area contributed by atoms with E-state index in [-0.39, 0.29) is 39.0 Å². The van der Waals surface area contributed by atoms with Crippen LogP contribution >= 0.6 is 0 Å². The third-order valence-electron chi connectivity index (χ3n) is 11.6. The average Bonchev–Trinajstić information content (AvgIpc) is 3.17. The molecule has 1 unspecified atom stereocenters. The Morgan fingerprint density at radius 1 is 0.818 bits per heavy atom. The number of benzene rings is 1. The van der Waals surface area contributed by atoms with Crippen molar-refractivity contribution >= 4 is 30.7 Å². The summed E-state index contributed by atoms with van der Waals surface area (Å²) in [6.45, 7) is 35.0. The molecule has 5 nitrogen and oxygen atoms in total. The monoisotopic (exact) mass is 660 g/mol. The average molecular weight is 661 g/mol. The van der Waals surface area contributed by atoms with Crippen LogP contribution in [-0.2, 0) is 24.5 Å². The molecule has 0 bridgehead atoms. The van der Waals surface area contributed by atoms with E-state index >= 15 is 0 Å². The van der Waals surface area contributed by atoms with E-state index in [9.17, 15) is 4.79 Å². The van der Waals surface area contributed by atoms with E-state index in [0.29, 0.717) is 19.4 Å². The Balaban J connectivity index is 2.04. The quantitative estimate of drug-likeness (QED) is 0.221. The molecule has 0 saturated carbocycles. The molecular formula is C36H64O5Si3. The van der Waals surface area contributed by atoms with E-state index in [1.165, 1.54) is 16.7 Å². The normalized spacial score (nSPS) is 21.0. The standard InChI is InChI=1S/C36H64O5Si3/c1-34(2,3)42(11,12)39-24-26(40-43(13,14)35(4,5)6)20-21-28-30(37)23-25-22-29-27(18-17-19-31(29)38-10)33(32(25)28)41-44(15,16)36(7,8)9/h17-19,25-26,33H,20-24H2,1-16H3/t25-,26?,33+/m0/s1. The third-order valence-corrected chi connectivity index (χ3v) is 25.1. The maximum absolute atomic E-state index is 13.9. The van der Waals surface area contributed by atoms with Crippen molar-refractivity contribution in [2.75, 3.05) is 13.7 Å². The smallest absolute Gasteiger partial charge is 0.193 e. The molecule has 3 rings (SSSR count). The minimum atomic E-state index is -2.17. The molecule has 1 aromatic carbocycles. The number of rotatable bonds is 11. The highest BCUT2D eigenvalue weighted by molar-refractivity contribution is 6.75. The number of ketones is 1. The van der Waals surface area contributed by atoms with Gasteiger partial charge in [0.05, 0.1) is 25.9 Å². The Labute approximate surface area is 273 Å². The van der Waals surface area contributed by atoms with Crippen LogP contribution in [0.5, 0.6) is 5.75 Å². The van der Waals surface area contributed by atoms with Crippen molar-refractivity contribution < 1.29 is 22.8 Å². The van der Waals surface area contributed by atoms with E-state index in [4.69, 9.17) is 18.0 Å². The molecule has 0 aliphatic heterocycles. The number of carbonyl (C=O) groups is 1. The molecular weight excluding hydrogens is 597 g/mol. The second-order valence-corrected chi connectivity index (χ2v) is 32.2. The maximum atomic E-state index is 13.9. The fourth-order valence-corrected chi connectivity index (χ4v) is 9.15. The van der Waals surface area contributed by atoms with E-state index in [2.05, 4.69) is 114 Å². The molecule has 0 aromatic heterocycles. The van der Waals surface area contributed by atoms with Crippen LogP contribution in [0, 0.1) is 5.92 Å². The van der Waals surface area contributed by atoms with Gasteiger partial charge in [-0.2, -0.15) is 0 Å². The van der Waals surface area contributed by atoms with Gasteiger partial charge in [-0.25, -0.2) is 0 Å². The first-order chi connectivity index (χ1) is 19.8. The lowest BCUT2D eigenvalue weighted by Crippen LogP contribution is -2.47. The molecule has 44 heavy (non-hydrogen) atoms. The molecule has 0 fully saturated rings. The van der Waals surface area contributed by atoms with E-state index in [0.717, 1.165) is 24.2 Å². The van der Waals surface area contributed by atoms with Crippen molar-refractivity contribution in [3.05, 3.63) is 40.5 Å². The number of ether oxygens (including phenoxy) is 1. The van der Waals surface area contributed by atoms with Crippen LogP contribution < -0.4 is 4.74 Å². The molecule has 0 radical (unpaired) electrons. The fraction of sp³-hybridized carbons (Fsp3) is 0.750. The van der Waals surface area contributed by atoms with Gasteiger partial charge in [-0.3, -0.25) is 4.79 Å². The van der Waals surface area contributed by atoms with Gasteiger partial charge >= 0.3 is 0 Å². The molecule has 250 valence electrons. The zero-order chi connectivity index (χ0) is 33.7. The molecule has 0 heterocycles. The van der Waals surface area contributed by atoms with Crippen molar-refractivity contribution in [1.29, 1.82) is 0 Å². The van der Waals surface area contributed by atoms with Crippen molar-refractivity contribution in [3.8, 4) is 5.75 Å². The van der Waals surface area contributed by atoms with Crippen LogP contribution in [0.4, 0.5) is 0 Å². The number of Topliss-reactive ketones (excluding diaryl/α,β-unsaturated/α-hetero) is 1. The van der Waals surface area contributed by atoms with Gasteiger partial charge in [-0.15, -0.1) is 0 Å². The van der Waals surface area contributed by atoms with E-state index < -0.39 is 25.0 Å². The highest BCUT2D eigenvalue weighted by Crippen LogP contribution is 2.53. The van der Waals surface area contributed by atoms with Gasteiger partial charge in [0.1, 0.15) is 5.75 Å². The summed E-state index contributed by atoms with van der Waals surface area (Å²) in [5.74, 6) is 1.33. The van der Waals surface area contributed by atoms with Gasteiger partial charge in [0.25, 0.3) is 0 Å². The van der Waals surface area contributed by atoms with Crippen molar-refractivity contribution in [2.24, 2.45) is 5.92 Å². The summed E-state index contributed by atoms with van der Waals surface area (Å²) in [6.07, 6.45) is 2.57. The van der Waals surface area contributed by atoms with Gasteiger partial charge < -0.3 is 18.0 Å². The number of allylic oxidation sites excluding steroid dienone is 1. The molecule has 2 aliphatic carbocycles. The summed E-state index contributed by atoms with van der Waals surface area (Å²) in [5.41, 5.74) is 4.56. The summed E-state index contributed by atoms with van der Waals surface area (Å²) < 4.78 is 26.9. The van der Waals surface area contributed by atoms with Gasteiger partial charge in [-0.1, -0.05) is 74.4 Å². The number of carbonyl (C=O) groups excluding carboxylic acids is 1. The van der Waals surface area contributed by atoms with E-state index in [1.54, 1.807) is 7.11 Å². The summed E-state index contributed by atoms with van der Waals surface area (Å²) >= 11 is 0. The molecule has 0 saturated heterocycles. The minimum Gasteiger partial charge on any atom is -0.496 e. The summed E-state index contributed by atoms with van der Waals surface area (Å²) in [5, 5.41) is 0.261. The largest absolute Gasteiger partial charge is 0.496 e. The third kappa shape index (κ3) is 7.91. The second-order valence-electron chi connectivity index (χ2n) is 17.9. The van der Waals surface area contributed by atoms with Crippen molar-refractivity contribution in [3.63, 3.8) is 0 Å². The van der Waals surface area contributed by atoms with Crippen LogP contribution in [0.25, 0.3) is 0 Å². The predicted octanol–water partition coefficient (Wildman–Crippen LogP) is 10.4. The topological polar surface area (TPSA) is 54.0 Å². The molecule has 0 amide bonds. The van der Waals surface area contributed by atoms with Crippen LogP contribution in [0.3, 0.4) is 0 Å². The first-order valence-corrected chi connectivity index (χ1v) is 25.5. The Bertz CT molecular complexity index is 1230. The lowest BCUT2D eigenvalue weighted by Gasteiger charge is -2.43. The van der Waals surface area contributed by atoms with Crippen LogP contribution in [-0.4, -0.2) is 50.6 Å². The highest BCUT2D eigenvalue weighted by atomic mass is 28.4. The van der Waals surface area contributed by atoms with Crippen LogP contribution in [0.15, 0.2) is 29.3 Å². The zero-order valence-corrected chi connectivity index (χ0v) is 34.0. The number of methoxy groups -OCH3 is 1. The van der Waals surface area contributed by atoms with Crippen LogP contribution in [0.1, 0.15) is 98.8 Å². The number of fused-ring (bicyclic) bond motifs is 2. The zero-order valence-electron chi connectivity index (χ0n) is 31.0. The fourth-order valence-electron chi connectivity index (χ4n) is 5.55. The molecule has 1 aromatic rings. The predicted molar refractivity (Wildman–Crippen MR) is 192 cm³/mol. The van der Waals surface area contributed by atoms with Gasteiger partial charge in [0.2, 0.25) is 0 Å². The Kier molecular flexibility index (Phi) is 10.9. The second kappa shape index (κ2) is 12.9. The first kappa shape index (κ1) is 37.4. The number of hydrogen-bond donors (Lipinski definition) is 0. The van der Waals surface area contributed by atoms with E-state index in [1.807, 2.05) is 6.07 Å². The number of hydrogen-bond acceptors (Lipinski definition) is 5. The Hall–Kier alpha value is -1.04. The molecule has 8 heteroatoms. The molecule has 0 spiro atoms. The lowest BCUT2D eigenvalue weighted by molar-refractivity contribution is -0.115. The van der Waals surface area contributed by atoms with Gasteiger partial charge in [-0.05, 0) is 102 Å². The summed E-state index contributed by atoms with van der Waals surface area (Å²) in [7, 11) is -4.46. The van der Waals surface area contributed by atoms with Crippen molar-refractivity contribution in [2.45, 2.75) is 155 Å². The minimum absolute atomic E-state index is 0.0471. The Morgan fingerprint density at radius 3 is 1.91 bits per heavy atom. The van der Waals surface area contributed by atoms with Crippen LogP contribution in [0.2, 0.25) is 54.4 Å². The molecule has 3 atom stereocenters. The highest BCUT2D eigenvalue weighted by Gasteiger charge is 2.48. The Morgan fingerprint density at radius 2 is 1.39 bits per heavy atom. The molecule has 0 N–H and O–H groups in total. The summed E-state index contributed by atoms with van der Waals surface area (Å²) in [4.78, 5) is 13.9. The van der Waals surface area contributed by atoms with Gasteiger partial charge in [0.15, 0.2) is 30.7 Å². The summed E-state index contributed by atoms with van der Waals surface area (Å²) in [6, 6.07) is 6.30. The van der Waals surface area contributed by atoms with Gasteiger partial charge in [0, 0.05) is 12.0 Å². The molecule has 2 aliphatic rings.